The Bertz CT molecular complexity index is 614. The Balaban J connectivity index is 1.56. The lowest BCUT2D eigenvalue weighted by Crippen LogP contribution is -2.47. The normalized spacial score (nSPS) is 26.4. The van der Waals surface area contributed by atoms with Crippen molar-refractivity contribution in [2.75, 3.05) is 19.7 Å². The molecule has 0 aromatic heterocycles. The number of benzene rings is 1. The second-order valence-corrected chi connectivity index (χ2v) is 6.63. The number of likely N-dealkylation sites (tertiary alicyclic amines) is 1. The third kappa shape index (κ3) is 3.85. The van der Waals surface area contributed by atoms with Crippen LogP contribution in [0.2, 0.25) is 0 Å². The lowest BCUT2D eigenvalue weighted by molar-refractivity contribution is -0.126. The van der Waals surface area contributed by atoms with Gasteiger partial charge in [0.15, 0.2) is 0 Å². The minimum Gasteiger partial charge on any atom is -0.396 e. The van der Waals surface area contributed by atoms with Crippen molar-refractivity contribution in [1.29, 1.82) is 0 Å². The van der Waals surface area contributed by atoms with Gasteiger partial charge < -0.3 is 15.3 Å². The summed E-state index contributed by atoms with van der Waals surface area (Å²) in [5, 5.41) is 12.2. The SMILES string of the molecule is O=C(N[C@@H]1C=C[C@H](CO)C1)C1CCCN(C(=O)c2ccccc2)C1. The fourth-order valence-corrected chi connectivity index (χ4v) is 3.46. The summed E-state index contributed by atoms with van der Waals surface area (Å²) in [6.45, 7) is 1.29. The highest BCUT2D eigenvalue weighted by atomic mass is 16.3. The molecule has 0 bridgehead atoms. The van der Waals surface area contributed by atoms with E-state index in [1.807, 2.05) is 42.5 Å². The van der Waals surface area contributed by atoms with E-state index in [9.17, 15) is 9.59 Å². The topological polar surface area (TPSA) is 69.6 Å². The molecule has 1 heterocycles. The Hall–Kier alpha value is -2.14. The summed E-state index contributed by atoms with van der Waals surface area (Å²) < 4.78 is 0. The van der Waals surface area contributed by atoms with Crippen molar-refractivity contribution in [3.63, 3.8) is 0 Å². The Labute approximate surface area is 142 Å². The first-order chi connectivity index (χ1) is 11.7. The maximum absolute atomic E-state index is 12.5. The number of hydrogen-bond donors (Lipinski definition) is 2. The van der Waals surface area contributed by atoms with Crippen LogP contribution in [0.25, 0.3) is 0 Å². The monoisotopic (exact) mass is 328 g/mol. The van der Waals surface area contributed by atoms with Crippen LogP contribution in [0.4, 0.5) is 0 Å². The molecule has 5 heteroatoms. The van der Waals surface area contributed by atoms with Crippen LogP contribution in [-0.4, -0.2) is 47.6 Å². The molecule has 0 radical (unpaired) electrons. The Morgan fingerprint density at radius 2 is 2.00 bits per heavy atom. The first-order valence-electron chi connectivity index (χ1n) is 8.61. The Morgan fingerprint density at radius 3 is 2.71 bits per heavy atom. The summed E-state index contributed by atoms with van der Waals surface area (Å²) in [7, 11) is 0. The molecule has 5 nitrogen and oxygen atoms in total. The van der Waals surface area contributed by atoms with Gasteiger partial charge in [0, 0.05) is 37.2 Å². The highest BCUT2D eigenvalue weighted by molar-refractivity contribution is 5.94. The summed E-state index contributed by atoms with van der Waals surface area (Å²) in [4.78, 5) is 26.8. The number of rotatable bonds is 4. The number of nitrogens with one attached hydrogen (secondary N) is 1. The first kappa shape index (κ1) is 16.7. The van der Waals surface area contributed by atoms with E-state index in [4.69, 9.17) is 5.11 Å². The number of nitrogens with zero attached hydrogens (tertiary/aromatic N) is 1. The van der Waals surface area contributed by atoms with Gasteiger partial charge in [-0.15, -0.1) is 0 Å². The second-order valence-electron chi connectivity index (χ2n) is 6.63. The van der Waals surface area contributed by atoms with Crippen molar-refractivity contribution in [3.8, 4) is 0 Å². The molecule has 24 heavy (non-hydrogen) atoms. The van der Waals surface area contributed by atoms with Crippen LogP contribution < -0.4 is 5.32 Å². The van der Waals surface area contributed by atoms with Gasteiger partial charge in [-0.25, -0.2) is 0 Å². The lowest BCUT2D eigenvalue weighted by Gasteiger charge is -2.32. The number of hydrogen-bond acceptors (Lipinski definition) is 3. The van der Waals surface area contributed by atoms with E-state index in [0.29, 0.717) is 18.7 Å². The molecule has 1 aliphatic carbocycles. The minimum atomic E-state index is -0.159. The molecule has 2 amide bonds. The number of aliphatic hydroxyl groups excluding tert-OH is 1. The van der Waals surface area contributed by atoms with Crippen LogP contribution in [0.3, 0.4) is 0 Å². The molecule has 1 saturated heterocycles. The fourth-order valence-electron chi connectivity index (χ4n) is 3.46. The molecule has 2 aliphatic rings. The molecule has 1 aliphatic heterocycles. The van der Waals surface area contributed by atoms with E-state index in [1.54, 1.807) is 4.90 Å². The molecule has 2 N–H and O–H groups in total. The fraction of sp³-hybridized carbons (Fsp3) is 0.474. The molecule has 1 unspecified atom stereocenters. The van der Waals surface area contributed by atoms with E-state index in [0.717, 1.165) is 19.3 Å². The Morgan fingerprint density at radius 1 is 1.21 bits per heavy atom. The largest absolute Gasteiger partial charge is 0.396 e. The van der Waals surface area contributed by atoms with Gasteiger partial charge in [0.05, 0.1) is 5.92 Å². The van der Waals surface area contributed by atoms with Crippen LogP contribution >= 0.6 is 0 Å². The summed E-state index contributed by atoms with van der Waals surface area (Å²) in [5.74, 6) is -0.0196. The van der Waals surface area contributed by atoms with E-state index < -0.39 is 0 Å². The van der Waals surface area contributed by atoms with Crippen LogP contribution in [0, 0.1) is 11.8 Å². The number of carbonyl (C=O) groups excluding carboxylic acids is 2. The van der Waals surface area contributed by atoms with Crippen molar-refractivity contribution in [2.24, 2.45) is 11.8 Å². The quantitative estimate of drug-likeness (QED) is 0.825. The number of amides is 2. The third-order valence-electron chi connectivity index (χ3n) is 4.83. The highest BCUT2D eigenvalue weighted by Gasteiger charge is 2.30. The van der Waals surface area contributed by atoms with Crippen molar-refractivity contribution >= 4 is 11.8 Å². The van der Waals surface area contributed by atoms with Crippen LogP contribution in [0.15, 0.2) is 42.5 Å². The van der Waals surface area contributed by atoms with Crippen LogP contribution in [0.1, 0.15) is 29.6 Å². The molecular formula is C19H24N2O3. The van der Waals surface area contributed by atoms with E-state index in [2.05, 4.69) is 5.32 Å². The van der Waals surface area contributed by atoms with E-state index in [1.165, 1.54) is 0 Å². The predicted molar refractivity (Wildman–Crippen MR) is 91.3 cm³/mol. The lowest BCUT2D eigenvalue weighted by atomic mass is 9.96. The molecule has 3 atom stereocenters. The maximum Gasteiger partial charge on any atom is 0.253 e. The number of aliphatic hydroxyl groups is 1. The zero-order valence-electron chi connectivity index (χ0n) is 13.7. The Kier molecular flexibility index (Phi) is 5.30. The smallest absolute Gasteiger partial charge is 0.253 e. The van der Waals surface area contributed by atoms with Gasteiger partial charge in [0.25, 0.3) is 5.91 Å². The molecule has 0 saturated carbocycles. The average molecular weight is 328 g/mol. The zero-order chi connectivity index (χ0) is 16.9. The van der Waals surface area contributed by atoms with Gasteiger partial charge in [0.1, 0.15) is 0 Å². The zero-order valence-corrected chi connectivity index (χ0v) is 13.7. The predicted octanol–water partition coefficient (Wildman–Crippen LogP) is 1.59. The number of carbonyl (C=O) groups is 2. The van der Waals surface area contributed by atoms with Gasteiger partial charge in [-0.05, 0) is 31.4 Å². The van der Waals surface area contributed by atoms with E-state index in [-0.39, 0.29) is 36.3 Å². The van der Waals surface area contributed by atoms with Gasteiger partial charge in [-0.2, -0.15) is 0 Å². The van der Waals surface area contributed by atoms with Gasteiger partial charge >= 0.3 is 0 Å². The average Bonchev–Trinajstić information content (AvgIpc) is 3.09. The standard InChI is InChI=1S/C19H24N2O3/c22-13-14-8-9-17(11-14)20-18(23)16-7-4-10-21(12-16)19(24)15-5-2-1-3-6-15/h1-3,5-6,8-9,14,16-17,22H,4,7,10-13H2,(H,20,23)/t14-,16?,17+/m0/s1. The van der Waals surface area contributed by atoms with Crippen LogP contribution in [-0.2, 0) is 4.79 Å². The van der Waals surface area contributed by atoms with Crippen LogP contribution in [0.5, 0.6) is 0 Å². The molecule has 1 aromatic carbocycles. The molecule has 1 fully saturated rings. The first-order valence-corrected chi connectivity index (χ1v) is 8.61. The molecule has 0 spiro atoms. The summed E-state index contributed by atoms with van der Waals surface area (Å²) >= 11 is 0. The summed E-state index contributed by atoms with van der Waals surface area (Å²) in [6, 6.07) is 9.21. The van der Waals surface area contributed by atoms with Gasteiger partial charge in [0.2, 0.25) is 5.91 Å². The summed E-state index contributed by atoms with van der Waals surface area (Å²) in [5.41, 5.74) is 0.670. The highest BCUT2D eigenvalue weighted by Crippen LogP contribution is 2.21. The second kappa shape index (κ2) is 7.62. The molecule has 3 rings (SSSR count). The van der Waals surface area contributed by atoms with Crippen molar-refractivity contribution in [2.45, 2.75) is 25.3 Å². The van der Waals surface area contributed by atoms with Crippen molar-refractivity contribution in [3.05, 3.63) is 48.0 Å². The van der Waals surface area contributed by atoms with E-state index >= 15 is 0 Å². The van der Waals surface area contributed by atoms with Gasteiger partial charge in [-0.3, -0.25) is 9.59 Å². The van der Waals surface area contributed by atoms with Crippen molar-refractivity contribution < 1.29 is 14.7 Å². The minimum absolute atomic E-state index is 0.00477. The maximum atomic E-state index is 12.5. The van der Waals surface area contributed by atoms with Crippen molar-refractivity contribution in [1.82, 2.24) is 10.2 Å². The van der Waals surface area contributed by atoms with Gasteiger partial charge in [-0.1, -0.05) is 30.4 Å². The summed E-state index contributed by atoms with van der Waals surface area (Å²) in [6.07, 6.45) is 6.31. The molecule has 1 aromatic rings. The third-order valence-corrected chi connectivity index (χ3v) is 4.83. The number of piperidine rings is 1. The molecule has 128 valence electrons. The molecular weight excluding hydrogens is 304 g/mol.